The highest BCUT2D eigenvalue weighted by Gasteiger charge is 2.48. The number of amides is 1. The predicted octanol–water partition coefficient (Wildman–Crippen LogP) is 3.97. The van der Waals surface area contributed by atoms with E-state index < -0.39 is 23.7 Å². The van der Waals surface area contributed by atoms with Gasteiger partial charge in [-0.15, -0.1) is 0 Å². The van der Waals surface area contributed by atoms with Gasteiger partial charge in [0.2, 0.25) is 0 Å². The lowest BCUT2D eigenvalue weighted by atomic mass is 9.95. The number of thiazole rings is 1. The number of ether oxygens (including phenoxy) is 2. The van der Waals surface area contributed by atoms with Crippen molar-refractivity contribution in [3.63, 3.8) is 0 Å². The molecule has 0 bridgehead atoms. The van der Waals surface area contributed by atoms with Gasteiger partial charge >= 0.3 is 11.9 Å². The summed E-state index contributed by atoms with van der Waals surface area (Å²) in [6, 6.07) is 11.6. The summed E-state index contributed by atoms with van der Waals surface area (Å²) in [5.74, 6) is -2.78. The third-order valence-electron chi connectivity index (χ3n) is 5.46. The van der Waals surface area contributed by atoms with Gasteiger partial charge in [-0.2, -0.15) is 0 Å². The summed E-state index contributed by atoms with van der Waals surface area (Å²) >= 11 is 0.914. The van der Waals surface area contributed by atoms with E-state index in [1.807, 2.05) is 0 Å². The lowest BCUT2D eigenvalue weighted by Crippen LogP contribution is -2.29. The average molecular weight is 495 g/mol. The number of aromatic hydroxyl groups is 1. The molecule has 9 nitrogen and oxygen atoms in total. The largest absolute Gasteiger partial charge is 0.507 e. The van der Waals surface area contributed by atoms with Gasteiger partial charge in [0.1, 0.15) is 10.6 Å². The Kier molecular flexibility index (Phi) is 6.57. The Labute approximate surface area is 204 Å². The highest BCUT2D eigenvalue weighted by Crippen LogP contribution is 2.45. The highest BCUT2D eigenvalue weighted by molar-refractivity contribution is 7.17. The minimum atomic E-state index is -1.09. The predicted molar refractivity (Wildman–Crippen MR) is 129 cm³/mol. The number of Topliss-reactive ketones (excluding diaryl/α,β-unsaturated/α-hetero) is 1. The van der Waals surface area contributed by atoms with Crippen LogP contribution in [0.3, 0.4) is 0 Å². The van der Waals surface area contributed by atoms with Crippen LogP contribution >= 0.6 is 11.3 Å². The van der Waals surface area contributed by atoms with E-state index >= 15 is 0 Å². The number of carbonyl (C=O) groups is 3. The van der Waals surface area contributed by atoms with E-state index in [2.05, 4.69) is 4.98 Å². The Morgan fingerprint density at radius 3 is 2.54 bits per heavy atom. The maximum atomic E-state index is 13.3. The molecule has 0 spiro atoms. The molecular formula is C25H22N2O7S. The zero-order valence-corrected chi connectivity index (χ0v) is 20.0. The van der Waals surface area contributed by atoms with Gasteiger partial charge in [-0.05, 0) is 31.5 Å². The molecule has 2 aromatic carbocycles. The molecule has 2 heterocycles. The Balaban J connectivity index is 1.94. The van der Waals surface area contributed by atoms with Gasteiger partial charge in [0.15, 0.2) is 16.6 Å². The van der Waals surface area contributed by atoms with Crippen LogP contribution in [0, 0.1) is 6.92 Å². The zero-order valence-electron chi connectivity index (χ0n) is 19.1. The zero-order chi connectivity index (χ0) is 25.3. The smallest absolute Gasteiger partial charge is 0.350 e. The summed E-state index contributed by atoms with van der Waals surface area (Å²) in [6.07, 6.45) is 0. The molecule has 1 aromatic heterocycles. The number of ketones is 1. The molecule has 1 atom stereocenters. The van der Waals surface area contributed by atoms with Crippen molar-refractivity contribution in [1.82, 2.24) is 4.98 Å². The number of aliphatic hydroxyl groups is 1. The van der Waals surface area contributed by atoms with E-state index in [1.54, 1.807) is 44.2 Å². The van der Waals surface area contributed by atoms with Gasteiger partial charge in [-0.3, -0.25) is 14.5 Å². The van der Waals surface area contributed by atoms with Crippen molar-refractivity contribution in [2.45, 2.75) is 19.9 Å². The van der Waals surface area contributed by atoms with Crippen LogP contribution in [0.25, 0.3) is 5.76 Å². The quantitative estimate of drug-likeness (QED) is 0.228. The molecule has 1 fully saturated rings. The summed E-state index contributed by atoms with van der Waals surface area (Å²) in [6.45, 7) is 3.45. The molecule has 2 N–H and O–H groups in total. The van der Waals surface area contributed by atoms with Crippen LogP contribution in [0.5, 0.6) is 11.5 Å². The van der Waals surface area contributed by atoms with Gasteiger partial charge in [-0.25, -0.2) is 9.78 Å². The number of aliphatic hydroxyl groups excluding tert-OH is 1. The van der Waals surface area contributed by atoms with Crippen molar-refractivity contribution in [2.75, 3.05) is 18.6 Å². The van der Waals surface area contributed by atoms with Crippen LogP contribution in [0.1, 0.15) is 39.5 Å². The molecule has 10 heteroatoms. The molecule has 35 heavy (non-hydrogen) atoms. The molecule has 3 aromatic rings. The third kappa shape index (κ3) is 4.24. The standard InChI is InChI=1S/C25H22N2O7S/c1-4-34-24(32)22-13(2)26-25(35-22)27-19(15-10-11-16(28)17(12-15)33-3)18(21(30)23(27)31)20(29)14-8-6-5-7-9-14/h5-12,19,28-29H,4H2,1-3H3/b20-18-. The van der Waals surface area contributed by atoms with Crippen molar-refractivity contribution in [1.29, 1.82) is 0 Å². The summed E-state index contributed by atoms with van der Waals surface area (Å²) in [5.41, 5.74) is 0.931. The second-order valence-corrected chi connectivity index (χ2v) is 8.58. The summed E-state index contributed by atoms with van der Waals surface area (Å²) in [5, 5.41) is 21.3. The van der Waals surface area contributed by atoms with Crippen molar-refractivity contribution < 1.29 is 34.1 Å². The van der Waals surface area contributed by atoms with Crippen LogP contribution in [-0.2, 0) is 14.3 Å². The molecule has 1 aliphatic heterocycles. The second-order valence-electron chi connectivity index (χ2n) is 7.60. The number of aryl methyl sites for hydroxylation is 1. The summed E-state index contributed by atoms with van der Waals surface area (Å²) in [4.78, 5) is 44.6. The lowest BCUT2D eigenvalue weighted by Gasteiger charge is -2.23. The summed E-state index contributed by atoms with van der Waals surface area (Å²) in [7, 11) is 1.37. The van der Waals surface area contributed by atoms with Crippen molar-refractivity contribution >= 4 is 39.9 Å². The minimum Gasteiger partial charge on any atom is -0.507 e. The minimum absolute atomic E-state index is 0.0943. The number of phenols is 1. The first-order chi connectivity index (χ1) is 16.8. The SMILES string of the molecule is CCOC(=O)c1sc(N2C(=O)C(=O)/C(=C(\O)c3ccccc3)C2c2ccc(O)c(OC)c2)nc1C. The fourth-order valence-electron chi connectivity index (χ4n) is 3.83. The average Bonchev–Trinajstić information content (AvgIpc) is 3.36. The van der Waals surface area contributed by atoms with E-state index in [4.69, 9.17) is 9.47 Å². The van der Waals surface area contributed by atoms with Crippen molar-refractivity contribution in [3.8, 4) is 11.5 Å². The fraction of sp³-hybridized carbons (Fsp3) is 0.200. The fourth-order valence-corrected chi connectivity index (χ4v) is 4.82. The van der Waals surface area contributed by atoms with Gasteiger partial charge in [-0.1, -0.05) is 47.7 Å². The normalized spacial score (nSPS) is 17.0. The molecule has 0 saturated carbocycles. The Hall–Kier alpha value is -4.18. The number of anilines is 1. The number of methoxy groups -OCH3 is 1. The Morgan fingerprint density at radius 1 is 1.17 bits per heavy atom. The second kappa shape index (κ2) is 9.59. The number of phenolic OH excluding ortho intramolecular Hbond substituents is 1. The molecular weight excluding hydrogens is 472 g/mol. The van der Waals surface area contributed by atoms with Crippen LogP contribution in [0.15, 0.2) is 54.1 Å². The number of esters is 1. The lowest BCUT2D eigenvalue weighted by molar-refractivity contribution is -0.132. The molecule has 0 aliphatic carbocycles. The van der Waals surface area contributed by atoms with Gasteiger partial charge in [0, 0.05) is 5.56 Å². The molecule has 180 valence electrons. The van der Waals surface area contributed by atoms with E-state index in [0.29, 0.717) is 16.8 Å². The molecule has 1 amide bonds. The van der Waals surface area contributed by atoms with E-state index in [-0.39, 0.29) is 39.4 Å². The molecule has 1 aliphatic rings. The Bertz CT molecular complexity index is 1350. The molecule has 0 radical (unpaired) electrons. The first-order valence-corrected chi connectivity index (χ1v) is 11.5. The number of benzene rings is 2. The van der Waals surface area contributed by atoms with E-state index in [0.717, 1.165) is 16.2 Å². The van der Waals surface area contributed by atoms with Crippen LogP contribution < -0.4 is 9.64 Å². The number of aromatic nitrogens is 1. The molecule has 1 saturated heterocycles. The number of carbonyl (C=O) groups excluding carboxylic acids is 3. The van der Waals surface area contributed by atoms with Crippen LogP contribution in [0.4, 0.5) is 5.13 Å². The van der Waals surface area contributed by atoms with Gasteiger partial charge in [0.05, 0.1) is 31.0 Å². The maximum absolute atomic E-state index is 13.3. The van der Waals surface area contributed by atoms with Gasteiger partial charge < -0.3 is 19.7 Å². The number of hydrogen-bond donors (Lipinski definition) is 2. The number of nitrogens with zero attached hydrogens (tertiary/aromatic N) is 2. The maximum Gasteiger partial charge on any atom is 0.350 e. The topological polar surface area (TPSA) is 126 Å². The number of hydrogen-bond acceptors (Lipinski definition) is 9. The van der Waals surface area contributed by atoms with Crippen LogP contribution in [-0.4, -0.2) is 46.6 Å². The van der Waals surface area contributed by atoms with E-state index in [9.17, 15) is 24.6 Å². The first kappa shape index (κ1) is 24.0. The van der Waals surface area contributed by atoms with Crippen LogP contribution in [0.2, 0.25) is 0 Å². The Morgan fingerprint density at radius 2 is 1.89 bits per heavy atom. The molecule has 1 unspecified atom stereocenters. The first-order valence-electron chi connectivity index (χ1n) is 10.7. The highest BCUT2D eigenvalue weighted by atomic mass is 32.1. The molecule has 4 rings (SSSR count). The van der Waals surface area contributed by atoms with E-state index in [1.165, 1.54) is 25.3 Å². The summed E-state index contributed by atoms with van der Waals surface area (Å²) < 4.78 is 10.3. The van der Waals surface area contributed by atoms with Gasteiger partial charge in [0.25, 0.3) is 5.78 Å². The van der Waals surface area contributed by atoms with Crippen molar-refractivity contribution in [2.24, 2.45) is 0 Å². The van der Waals surface area contributed by atoms with Crippen molar-refractivity contribution in [3.05, 3.63) is 75.8 Å². The monoisotopic (exact) mass is 494 g/mol. The third-order valence-corrected chi connectivity index (χ3v) is 6.60. The number of rotatable bonds is 6.